The van der Waals surface area contributed by atoms with Crippen LogP contribution < -0.4 is 0 Å². The second-order valence-electron chi connectivity index (χ2n) is 2.57. The van der Waals surface area contributed by atoms with E-state index >= 15 is 0 Å². The zero-order valence-corrected chi connectivity index (χ0v) is 8.06. The first-order valence-electron chi connectivity index (χ1n) is 2.32. The molecule has 0 rings (SSSR count). The van der Waals surface area contributed by atoms with E-state index in [2.05, 4.69) is 0 Å². The Balaban J connectivity index is 0. The van der Waals surface area contributed by atoms with Gasteiger partial charge in [0.25, 0.3) is 0 Å². The molecule has 0 spiro atoms. The number of halogens is 1. The molecule has 2 nitrogen and oxygen atoms in total. The van der Waals surface area contributed by atoms with Gasteiger partial charge in [0, 0.05) is 0 Å². The zero-order chi connectivity index (χ0) is 6.15. The maximum absolute atomic E-state index is 8.98. The number of hydrogen-bond donors (Lipinski definition) is 2. The van der Waals surface area contributed by atoms with Crippen LogP contribution in [0.4, 0.5) is 0 Å². The monoisotopic (exact) mass is 204 g/mol. The average molecular weight is 205 g/mol. The standard InChI is InChI=1S/C4H13O2P.BrH/c1-4-7(2,3,5)6;/h5-6H,4H2,1-3H3;1H. The van der Waals surface area contributed by atoms with Crippen LogP contribution in [0.3, 0.4) is 0 Å². The van der Waals surface area contributed by atoms with Crippen LogP contribution in [0, 0.1) is 0 Å². The van der Waals surface area contributed by atoms with Crippen LogP contribution in [-0.4, -0.2) is 29.3 Å². The molecular formula is C4H14BrO2P. The van der Waals surface area contributed by atoms with E-state index in [1.165, 1.54) is 13.3 Å². The quantitative estimate of drug-likeness (QED) is 0.631. The molecule has 0 aromatic carbocycles. The van der Waals surface area contributed by atoms with Crippen LogP contribution in [0.15, 0.2) is 0 Å². The fourth-order valence-electron chi connectivity index (χ4n) is 0. The molecule has 0 bridgehead atoms. The van der Waals surface area contributed by atoms with Gasteiger partial charge in [-0.25, -0.2) is 0 Å². The van der Waals surface area contributed by atoms with Crippen LogP contribution in [0.1, 0.15) is 6.92 Å². The first kappa shape index (κ1) is 11.6. The van der Waals surface area contributed by atoms with Crippen molar-refractivity contribution in [1.29, 1.82) is 0 Å². The van der Waals surface area contributed by atoms with Crippen molar-refractivity contribution in [3.05, 3.63) is 0 Å². The minimum atomic E-state index is -3.08. The van der Waals surface area contributed by atoms with Gasteiger partial charge < -0.3 is 0 Å². The zero-order valence-electron chi connectivity index (χ0n) is 5.46. The topological polar surface area (TPSA) is 40.5 Å². The van der Waals surface area contributed by atoms with Crippen molar-refractivity contribution in [1.82, 2.24) is 0 Å². The van der Waals surface area contributed by atoms with Gasteiger partial charge in [-0.05, 0) is 0 Å². The molecule has 54 valence electrons. The summed E-state index contributed by atoms with van der Waals surface area (Å²) in [5.74, 6) is 0. The van der Waals surface area contributed by atoms with Gasteiger partial charge in [-0.3, -0.25) is 0 Å². The molecule has 0 fully saturated rings. The molecule has 2 N–H and O–H groups in total. The Morgan fingerprint density at radius 1 is 1.25 bits per heavy atom. The van der Waals surface area contributed by atoms with E-state index in [1.54, 1.807) is 6.92 Å². The van der Waals surface area contributed by atoms with Crippen LogP contribution >= 0.6 is 24.0 Å². The number of rotatable bonds is 1. The summed E-state index contributed by atoms with van der Waals surface area (Å²) < 4.78 is 0. The molecule has 0 atom stereocenters. The van der Waals surface area contributed by atoms with Crippen LogP contribution in [-0.2, 0) is 0 Å². The Morgan fingerprint density at radius 3 is 1.38 bits per heavy atom. The molecule has 0 saturated carbocycles. The van der Waals surface area contributed by atoms with Crippen LogP contribution in [0.5, 0.6) is 0 Å². The fourth-order valence-corrected chi connectivity index (χ4v) is 0. The Bertz CT molecular complexity index is 66.6. The fraction of sp³-hybridized carbons (Fsp3) is 1.00. The molecule has 0 amide bonds. The summed E-state index contributed by atoms with van der Waals surface area (Å²) in [6.45, 7) is 4.79. The third-order valence-electron chi connectivity index (χ3n) is 0.915. The van der Waals surface area contributed by atoms with Crippen molar-refractivity contribution in [3.63, 3.8) is 0 Å². The molecule has 8 heavy (non-hydrogen) atoms. The molecule has 0 aliphatic heterocycles. The summed E-state index contributed by atoms with van der Waals surface area (Å²) in [6, 6.07) is 0. The van der Waals surface area contributed by atoms with E-state index in [4.69, 9.17) is 9.79 Å². The predicted octanol–water partition coefficient (Wildman–Crippen LogP) is 1.21. The summed E-state index contributed by atoms with van der Waals surface area (Å²) in [5.41, 5.74) is 0. The Labute approximate surface area is 60.8 Å². The predicted molar refractivity (Wildman–Crippen MR) is 44.1 cm³/mol. The van der Waals surface area contributed by atoms with Gasteiger partial charge in [-0.1, -0.05) is 0 Å². The van der Waals surface area contributed by atoms with Gasteiger partial charge in [0.05, 0.1) is 0 Å². The van der Waals surface area contributed by atoms with E-state index in [0.29, 0.717) is 6.16 Å². The molecule has 0 aromatic rings. The van der Waals surface area contributed by atoms with E-state index in [1.807, 2.05) is 0 Å². The van der Waals surface area contributed by atoms with Crippen molar-refractivity contribution in [2.75, 3.05) is 19.5 Å². The molecule has 0 radical (unpaired) electrons. The van der Waals surface area contributed by atoms with E-state index in [-0.39, 0.29) is 17.0 Å². The van der Waals surface area contributed by atoms with Crippen molar-refractivity contribution in [2.45, 2.75) is 6.92 Å². The molecule has 0 heterocycles. The van der Waals surface area contributed by atoms with Gasteiger partial charge in [0.2, 0.25) is 0 Å². The molecule has 0 aliphatic carbocycles. The second-order valence-corrected chi connectivity index (χ2v) is 7.70. The Hall–Kier alpha value is 0.830. The van der Waals surface area contributed by atoms with Gasteiger partial charge in [-0.15, -0.1) is 17.0 Å². The van der Waals surface area contributed by atoms with E-state index < -0.39 is 7.06 Å². The summed E-state index contributed by atoms with van der Waals surface area (Å²) in [4.78, 5) is 18.0. The van der Waals surface area contributed by atoms with Gasteiger partial charge in [-0.2, -0.15) is 0 Å². The van der Waals surface area contributed by atoms with Crippen molar-refractivity contribution >= 4 is 24.0 Å². The van der Waals surface area contributed by atoms with Crippen LogP contribution in [0.2, 0.25) is 0 Å². The van der Waals surface area contributed by atoms with E-state index in [0.717, 1.165) is 0 Å². The third-order valence-corrected chi connectivity index (χ3v) is 2.75. The first-order chi connectivity index (χ1) is 2.81. The van der Waals surface area contributed by atoms with Gasteiger partial charge in [0.1, 0.15) is 0 Å². The SMILES string of the molecule is Br.CCP(C)(C)(O)O. The third kappa shape index (κ3) is 9.95. The second kappa shape index (κ2) is 2.61. The van der Waals surface area contributed by atoms with Gasteiger partial charge in [0.15, 0.2) is 0 Å². The minimum absolute atomic E-state index is 0. The molecule has 4 heteroatoms. The van der Waals surface area contributed by atoms with Crippen molar-refractivity contribution in [3.8, 4) is 0 Å². The maximum atomic E-state index is 8.98. The summed E-state index contributed by atoms with van der Waals surface area (Å²) >= 11 is 0. The molecule has 0 unspecified atom stereocenters. The number of hydrogen-bond acceptors (Lipinski definition) is 2. The van der Waals surface area contributed by atoms with Crippen molar-refractivity contribution in [2.24, 2.45) is 0 Å². The average Bonchev–Trinajstić information content (AvgIpc) is 1.32. The molecule has 0 saturated heterocycles. The normalized spacial score (nSPS) is 15.9. The van der Waals surface area contributed by atoms with E-state index in [9.17, 15) is 0 Å². The van der Waals surface area contributed by atoms with Crippen molar-refractivity contribution < 1.29 is 9.79 Å². The Morgan fingerprint density at radius 2 is 1.38 bits per heavy atom. The molecule has 0 aliphatic rings. The van der Waals surface area contributed by atoms with Crippen LogP contribution in [0.25, 0.3) is 0 Å². The summed E-state index contributed by atoms with van der Waals surface area (Å²) in [6.07, 6.45) is 0.478. The Kier molecular flexibility index (Phi) is 3.79. The first-order valence-corrected chi connectivity index (χ1v) is 5.54. The molecule has 0 aromatic heterocycles. The van der Waals surface area contributed by atoms with Gasteiger partial charge >= 0.3 is 43.3 Å². The summed E-state index contributed by atoms with van der Waals surface area (Å²) in [7, 11) is -3.08. The molecular weight excluding hydrogens is 191 g/mol. The summed E-state index contributed by atoms with van der Waals surface area (Å²) in [5, 5.41) is 0.